The van der Waals surface area contributed by atoms with Gasteiger partial charge in [-0.1, -0.05) is 72.3 Å². The number of nitrogens with zero attached hydrogens (tertiary/aromatic N) is 1. The molecule has 0 N–H and O–H groups in total. The van der Waals surface area contributed by atoms with Gasteiger partial charge in [0.1, 0.15) is 0 Å². The van der Waals surface area contributed by atoms with Gasteiger partial charge in [0.25, 0.3) is 0 Å². The second-order valence-corrected chi connectivity index (χ2v) is 9.79. The number of hydrogen-bond acceptors (Lipinski definition) is 2. The summed E-state index contributed by atoms with van der Waals surface area (Å²) >= 11 is 0. The van der Waals surface area contributed by atoms with Crippen molar-refractivity contribution in [3.05, 3.63) is 101 Å². The van der Waals surface area contributed by atoms with Gasteiger partial charge in [0, 0.05) is 24.4 Å². The van der Waals surface area contributed by atoms with Crippen LogP contribution in [0.1, 0.15) is 34.1 Å². The molecule has 1 fully saturated rings. The zero-order valence-corrected chi connectivity index (χ0v) is 16.6. The van der Waals surface area contributed by atoms with Crippen molar-refractivity contribution < 1.29 is 8.42 Å². The van der Waals surface area contributed by atoms with E-state index in [1.807, 2.05) is 37.3 Å². The van der Waals surface area contributed by atoms with Gasteiger partial charge >= 0.3 is 0 Å². The number of hydrogen-bond donors (Lipinski definition) is 0. The third-order valence-corrected chi connectivity index (χ3v) is 8.20. The predicted molar refractivity (Wildman–Crippen MR) is 111 cm³/mol. The smallest absolute Gasteiger partial charge is 0.207 e. The lowest BCUT2D eigenvalue weighted by Gasteiger charge is -2.23. The second kappa shape index (κ2) is 6.57. The first-order valence-electron chi connectivity index (χ1n) is 9.77. The molecule has 0 amide bonds. The number of sulfonamides is 1. The zero-order chi connectivity index (χ0) is 19.3. The van der Waals surface area contributed by atoms with Crippen molar-refractivity contribution in [3.63, 3.8) is 0 Å². The number of aryl methyl sites for hydroxylation is 1. The zero-order valence-electron chi connectivity index (χ0n) is 15.8. The maximum Gasteiger partial charge on any atom is 0.243 e. The number of fused-ring (bicyclic) bond motifs is 3. The molecule has 0 bridgehead atoms. The summed E-state index contributed by atoms with van der Waals surface area (Å²) in [4.78, 5) is 0.390. The van der Waals surface area contributed by atoms with Crippen LogP contribution in [0.5, 0.6) is 0 Å². The van der Waals surface area contributed by atoms with E-state index in [0.717, 1.165) is 12.0 Å². The summed E-state index contributed by atoms with van der Waals surface area (Å²) in [5.74, 6) is 0.383. The average Bonchev–Trinajstić information content (AvgIpc) is 3.26. The molecule has 4 heteroatoms. The average molecular weight is 390 g/mol. The fourth-order valence-electron chi connectivity index (χ4n) is 4.95. The summed E-state index contributed by atoms with van der Waals surface area (Å²) in [7, 11) is -3.53. The Labute approximate surface area is 166 Å². The van der Waals surface area contributed by atoms with E-state index in [2.05, 4.69) is 36.4 Å². The van der Waals surface area contributed by atoms with Crippen molar-refractivity contribution in [1.82, 2.24) is 4.31 Å². The largest absolute Gasteiger partial charge is 0.243 e. The van der Waals surface area contributed by atoms with Crippen LogP contribution in [0.4, 0.5) is 0 Å². The molecule has 0 saturated carbocycles. The highest BCUT2D eigenvalue weighted by Crippen LogP contribution is 2.51. The maximum absolute atomic E-state index is 13.5. The van der Waals surface area contributed by atoms with Crippen molar-refractivity contribution >= 4 is 10.0 Å². The van der Waals surface area contributed by atoms with Gasteiger partial charge in [-0.05, 0) is 42.2 Å². The molecule has 1 saturated heterocycles. The highest BCUT2D eigenvalue weighted by molar-refractivity contribution is 7.89. The number of benzene rings is 3. The Hall–Kier alpha value is -2.43. The molecule has 0 unspecified atom stereocenters. The van der Waals surface area contributed by atoms with E-state index >= 15 is 0 Å². The molecule has 0 spiro atoms. The summed E-state index contributed by atoms with van der Waals surface area (Å²) in [6.45, 7) is 2.51. The molecule has 3 atom stereocenters. The van der Waals surface area contributed by atoms with Gasteiger partial charge in [-0.25, -0.2) is 8.42 Å². The summed E-state index contributed by atoms with van der Waals surface area (Å²) in [6, 6.07) is 26.0. The molecule has 3 aromatic carbocycles. The third-order valence-electron chi connectivity index (χ3n) is 6.29. The standard InChI is InChI=1S/C24H23NO2S/c1-17-11-13-20(14-12-17)28(26,27)25-16-22(18-7-3-2-4-8-18)24-21-10-6-5-9-19(21)15-23(24)25/h2-14,22-24H,15-16H2,1H3/t22-,23+,24+/m0/s1. The molecule has 5 rings (SSSR count). The lowest BCUT2D eigenvalue weighted by atomic mass is 9.84. The highest BCUT2D eigenvalue weighted by Gasteiger charge is 2.51. The van der Waals surface area contributed by atoms with E-state index in [0.29, 0.717) is 11.4 Å². The van der Waals surface area contributed by atoms with E-state index in [1.165, 1.54) is 16.7 Å². The van der Waals surface area contributed by atoms with Gasteiger partial charge in [-0.2, -0.15) is 4.31 Å². The quantitative estimate of drug-likeness (QED) is 0.662. The molecule has 142 valence electrons. The lowest BCUT2D eigenvalue weighted by Crippen LogP contribution is -2.36. The molecule has 1 aliphatic heterocycles. The predicted octanol–water partition coefficient (Wildman–Crippen LogP) is 4.49. The molecule has 28 heavy (non-hydrogen) atoms. The van der Waals surface area contributed by atoms with Crippen LogP contribution in [0.2, 0.25) is 0 Å². The van der Waals surface area contributed by atoms with Crippen LogP contribution < -0.4 is 0 Å². The molecular formula is C24H23NO2S. The van der Waals surface area contributed by atoms with Crippen molar-refractivity contribution in [1.29, 1.82) is 0 Å². The van der Waals surface area contributed by atoms with Crippen LogP contribution in [0.3, 0.4) is 0 Å². The van der Waals surface area contributed by atoms with Crippen LogP contribution in [0.15, 0.2) is 83.8 Å². The summed E-state index contributed by atoms with van der Waals surface area (Å²) in [5, 5.41) is 0. The third kappa shape index (κ3) is 2.71. The van der Waals surface area contributed by atoms with Crippen molar-refractivity contribution in [3.8, 4) is 0 Å². The van der Waals surface area contributed by atoms with Crippen molar-refractivity contribution in [2.75, 3.05) is 6.54 Å². The fourth-order valence-corrected chi connectivity index (χ4v) is 6.62. The van der Waals surface area contributed by atoms with Gasteiger partial charge in [-0.15, -0.1) is 0 Å². The van der Waals surface area contributed by atoms with Crippen molar-refractivity contribution in [2.45, 2.75) is 36.1 Å². The fraction of sp³-hybridized carbons (Fsp3) is 0.250. The minimum atomic E-state index is -3.53. The van der Waals surface area contributed by atoms with Crippen LogP contribution in [0, 0.1) is 6.92 Å². The Morgan fingerprint density at radius 2 is 1.54 bits per heavy atom. The molecule has 0 aromatic heterocycles. The summed E-state index contributed by atoms with van der Waals surface area (Å²) < 4.78 is 28.8. The van der Waals surface area contributed by atoms with Crippen LogP contribution in [0.25, 0.3) is 0 Å². The summed E-state index contributed by atoms with van der Waals surface area (Å²) in [6.07, 6.45) is 0.787. The lowest BCUT2D eigenvalue weighted by molar-refractivity contribution is 0.384. The normalized spacial score (nSPS) is 24.1. The molecule has 3 nitrogen and oxygen atoms in total. The SMILES string of the molecule is Cc1ccc(S(=O)(=O)N2C[C@@H](c3ccccc3)[C@H]3c4ccccc4C[C@H]32)cc1. The van der Waals surface area contributed by atoms with E-state index in [4.69, 9.17) is 0 Å². The van der Waals surface area contributed by atoms with Gasteiger partial charge < -0.3 is 0 Å². The second-order valence-electron chi connectivity index (χ2n) is 7.90. The highest BCUT2D eigenvalue weighted by atomic mass is 32.2. The molecule has 1 aliphatic carbocycles. The first-order valence-corrected chi connectivity index (χ1v) is 11.2. The first kappa shape index (κ1) is 17.7. The van der Waals surface area contributed by atoms with Gasteiger partial charge in [0.15, 0.2) is 0 Å². The van der Waals surface area contributed by atoms with Gasteiger partial charge in [0.2, 0.25) is 10.0 Å². The Morgan fingerprint density at radius 3 is 2.29 bits per heavy atom. The van der Waals surface area contributed by atoms with E-state index < -0.39 is 10.0 Å². The van der Waals surface area contributed by atoms with E-state index in [1.54, 1.807) is 16.4 Å². The monoisotopic (exact) mass is 389 g/mol. The molecule has 0 radical (unpaired) electrons. The molecular weight excluding hydrogens is 366 g/mol. The summed E-state index contributed by atoms with van der Waals surface area (Å²) in [5.41, 5.74) is 4.87. The Balaban J connectivity index is 1.60. The topological polar surface area (TPSA) is 37.4 Å². The van der Waals surface area contributed by atoms with E-state index in [-0.39, 0.29) is 17.9 Å². The van der Waals surface area contributed by atoms with E-state index in [9.17, 15) is 8.42 Å². The Kier molecular flexibility index (Phi) is 4.14. The molecule has 3 aromatic rings. The van der Waals surface area contributed by atoms with Crippen molar-refractivity contribution in [2.24, 2.45) is 0 Å². The Morgan fingerprint density at radius 1 is 0.857 bits per heavy atom. The minimum Gasteiger partial charge on any atom is -0.207 e. The van der Waals surface area contributed by atoms with Crippen LogP contribution >= 0.6 is 0 Å². The van der Waals surface area contributed by atoms with Crippen LogP contribution in [-0.4, -0.2) is 25.3 Å². The molecule has 1 heterocycles. The van der Waals surface area contributed by atoms with Gasteiger partial charge in [0.05, 0.1) is 4.90 Å². The van der Waals surface area contributed by atoms with Crippen LogP contribution in [-0.2, 0) is 16.4 Å². The maximum atomic E-state index is 13.5. The minimum absolute atomic E-state index is 0.0195. The van der Waals surface area contributed by atoms with Gasteiger partial charge in [-0.3, -0.25) is 0 Å². The Bertz CT molecular complexity index is 1110. The molecule has 2 aliphatic rings. The number of rotatable bonds is 3. The first-order chi connectivity index (χ1) is 13.6.